The molecule has 3 rings (SSSR count). The molecular formula is C14H22O3. The summed E-state index contributed by atoms with van der Waals surface area (Å²) >= 11 is 0. The van der Waals surface area contributed by atoms with Crippen molar-refractivity contribution in [2.24, 2.45) is 29.6 Å². The van der Waals surface area contributed by atoms with Crippen molar-refractivity contribution in [3.05, 3.63) is 0 Å². The standard InChI is InChI=1S/C14H22O3/c1-3-8-9-4-5-10-11(9)6-12(8)14(10)17-7-13(15)16-2/h8-12,14H,3-7H2,1-2H3. The van der Waals surface area contributed by atoms with Crippen LogP contribution < -0.4 is 0 Å². The number of ether oxygens (including phenoxy) is 2. The maximum absolute atomic E-state index is 11.2. The van der Waals surface area contributed by atoms with Gasteiger partial charge in [-0.2, -0.15) is 0 Å². The number of rotatable bonds is 4. The Balaban J connectivity index is 1.68. The summed E-state index contributed by atoms with van der Waals surface area (Å²) in [7, 11) is 1.42. The lowest BCUT2D eigenvalue weighted by Gasteiger charge is -2.34. The molecule has 3 nitrogen and oxygen atoms in total. The van der Waals surface area contributed by atoms with Crippen LogP contribution in [0.1, 0.15) is 32.6 Å². The fourth-order valence-electron chi connectivity index (χ4n) is 5.00. The minimum atomic E-state index is -0.240. The van der Waals surface area contributed by atoms with Crippen molar-refractivity contribution in [2.45, 2.75) is 38.7 Å². The summed E-state index contributed by atoms with van der Waals surface area (Å²) in [6.07, 6.45) is 5.66. The Kier molecular flexibility index (Phi) is 2.89. The van der Waals surface area contributed by atoms with Gasteiger partial charge in [-0.1, -0.05) is 13.3 Å². The van der Waals surface area contributed by atoms with Gasteiger partial charge in [0.2, 0.25) is 0 Å². The van der Waals surface area contributed by atoms with Gasteiger partial charge in [0.25, 0.3) is 0 Å². The van der Waals surface area contributed by atoms with E-state index < -0.39 is 0 Å². The molecule has 0 saturated heterocycles. The first-order chi connectivity index (χ1) is 8.26. The van der Waals surface area contributed by atoms with E-state index in [9.17, 15) is 4.79 Å². The smallest absolute Gasteiger partial charge is 0.331 e. The average molecular weight is 238 g/mol. The first-order valence-electron chi connectivity index (χ1n) is 6.94. The van der Waals surface area contributed by atoms with Gasteiger partial charge in [0.15, 0.2) is 0 Å². The van der Waals surface area contributed by atoms with Crippen LogP contribution in [0.5, 0.6) is 0 Å². The monoisotopic (exact) mass is 238 g/mol. The fraction of sp³-hybridized carbons (Fsp3) is 0.929. The highest BCUT2D eigenvalue weighted by molar-refractivity contribution is 5.70. The number of fused-ring (bicyclic) bond motifs is 1. The Labute approximate surface area is 103 Å². The first kappa shape index (κ1) is 11.5. The largest absolute Gasteiger partial charge is 0.467 e. The quantitative estimate of drug-likeness (QED) is 0.705. The Morgan fingerprint density at radius 3 is 2.65 bits per heavy atom. The van der Waals surface area contributed by atoms with Crippen LogP contribution in [0.3, 0.4) is 0 Å². The van der Waals surface area contributed by atoms with Crippen molar-refractivity contribution in [2.75, 3.05) is 13.7 Å². The molecule has 3 aliphatic rings. The Morgan fingerprint density at radius 2 is 1.94 bits per heavy atom. The van der Waals surface area contributed by atoms with Crippen LogP contribution in [0.25, 0.3) is 0 Å². The third-order valence-corrected chi connectivity index (χ3v) is 5.51. The number of carbonyl (C=O) groups excluding carboxylic acids is 1. The molecule has 3 aliphatic carbocycles. The molecule has 0 aromatic rings. The van der Waals surface area contributed by atoms with E-state index in [1.807, 2.05) is 0 Å². The van der Waals surface area contributed by atoms with Gasteiger partial charge in [-0.15, -0.1) is 0 Å². The van der Waals surface area contributed by atoms with Gasteiger partial charge in [0.05, 0.1) is 13.2 Å². The Hall–Kier alpha value is -0.570. The average Bonchev–Trinajstić information content (AvgIpc) is 2.94. The van der Waals surface area contributed by atoms with E-state index in [0.29, 0.717) is 12.0 Å². The number of carbonyl (C=O) groups is 1. The highest BCUT2D eigenvalue weighted by atomic mass is 16.6. The van der Waals surface area contributed by atoms with Crippen molar-refractivity contribution in [3.63, 3.8) is 0 Å². The molecule has 0 amide bonds. The van der Waals surface area contributed by atoms with Crippen molar-refractivity contribution in [3.8, 4) is 0 Å². The molecule has 0 spiro atoms. The van der Waals surface area contributed by atoms with Gasteiger partial charge >= 0.3 is 5.97 Å². The summed E-state index contributed by atoms with van der Waals surface area (Å²) in [5.74, 6) is 3.92. The normalized spacial score (nSPS) is 46.5. The maximum atomic E-state index is 11.2. The van der Waals surface area contributed by atoms with Crippen molar-refractivity contribution < 1.29 is 14.3 Å². The highest BCUT2D eigenvalue weighted by Gasteiger charge is 2.60. The van der Waals surface area contributed by atoms with E-state index in [-0.39, 0.29) is 12.6 Å². The van der Waals surface area contributed by atoms with Crippen LogP contribution in [0.15, 0.2) is 0 Å². The molecule has 0 radical (unpaired) electrons. The third kappa shape index (κ3) is 1.62. The van der Waals surface area contributed by atoms with Crippen LogP contribution in [-0.4, -0.2) is 25.8 Å². The van der Waals surface area contributed by atoms with Gasteiger partial charge in [0, 0.05) is 0 Å². The molecule has 3 fully saturated rings. The van der Waals surface area contributed by atoms with Gasteiger partial charge in [-0.25, -0.2) is 4.79 Å². The van der Waals surface area contributed by atoms with Crippen molar-refractivity contribution in [1.82, 2.24) is 0 Å². The fourth-order valence-corrected chi connectivity index (χ4v) is 5.00. The van der Waals surface area contributed by atoms with E-state index in [1.54, 1.807) is 0 Å². The highest BCUT2D eigenvalue weighted by Crippen LogP contribution is 2.64. The second-order valence-electron chi connectivity index (χ2n) is 5.89. The zero-order valence-corrected chi connectivity index (χ0v) is 10.7. The Bertz CT molecular complexity index is 315. The van der Waals surface area contributed by atoms with Crippen LogP contribution in [0.4, 0.5) is 0 Å². The second-order valence-corrected chi connectivity index (χ2v) is 5.89. The zero-order valence-electron chi connectivity index (χ0n) is 10.7. The molecule has 6 atom stereocenters. The minimum absolute atomic E-state index is 0.141. The van der Waals surface area contributed by atoms with Crippen LogP contribution in [-0.2, 0) is 14.3 Å². The molecule has 17 heavy (non-hydrogen) atoms. The molecule has 0 aromatic carbocycles. The molecule has 2 bridgehead atoms. The van der Waals surface area contributed by atoms with Gasteiger partial charge in [-0.3, -0.25) is 0 Å². The molecule has 0 heterocycles. The van der Waals surface area contributed by atoms with Crippen molar-refractivity contribution in [1.29, 1.82) is 0 Å². The molecule has 0 aliphatic heterocycles. The molecule has 0 N–H and O–H groups in total. The number of esters is 1. The molecule has 3 heteroatoms. The maximum Gasteiger partial charge on any atom is 0.331 e. The summed E-state index contributed by atoms with van der Waals surface area (Å²) in [5, 5.41) is 0. The van der Waals surface area contributed by atoms with Crippen LogP contribution in [0, 0.1) is 29.6 Å². The van der Waals surface area contributed by atoms with E-state index in [1.165, 1.54) is 32.8 Å². The summed E-state index contributed by atoms with van der Waals surface area (Å²) in [6.45, 7) is 2.44. The van der Waals surface area contributed by atoms with Crippen LogP contribution in [0.2, 0.25) is 0 Å². The summed E-state index contributed by atoms with van der Waals surface area (Å²) < 4.78 is 10.5. The predicted molar refractivity (Wildman–Crippen MR) is 63.3 cm³/mol. The van der Waals surface area contributed by atoms with Crippen molar-refractivity contribution >= 4 is 5.97 Å². The molecular weight excluding hydrogens is 216 g/mol. The van der Waals surface area contributed by atoms with Gasteiger partial charge < -0.3 is 9.47 Å². The van der Waals surface area contributed by atoms with E-state index in [4.69, 9.17) is 4.74 Å². The molecule has 96 valence electrons. The number of hydrogen-bond acceptors (Lipinski definition) is 3. The van der Waals surface area contributed by atoms with Gasteiger partial charge in [-0.05, 0) is 48.9 Å². The van der Waals surface area contributed by atoms with E-state index >= 15 is 0 Å². The first-order valence-corrected chi connectivity index (χ1v) is 6.94. The summed E-state index contributed by atoms with van der Waals surface area (Å²) in [5.41, 5.74) is 0. The summed E-state index contributed by atoms with van der Waals surface area (Å²) in [4.78, 5) is 11.2. The lowest BCUT2D eigenvalue weighted by molar-refractivity contribution is -0.151. The SMILES string of the molecule is CCC1C2CCC3C2CC1C3OCC(=O)OC. The second kappa shape index (κ2) is 4.27. The minimum Gasteiger partial charge on any atom is -0.467 e. The zero-order chi connectivity index (χ0) is 12.0. The van der Waals surface area contributed by atoms with E-state index in [0.717, 1.165) is 23.7 Å². The molecule has 3 saturated carbocycles. The Morgan fingerprint density at radius 1 is 1.18 bits per heavy atom. The van der Waals surface area contributed by atoms with Crippen LogP contribution >= 0.6 is 0 Å². The molecule has 0 aromatic heterocycles. The predicted octanol–water partition coefficient (Wildman–Crippen LogP) is 2.25. The van der Waals surface area contributed by atoms with E-state index in [2.05, 4.69) is 11.7 Å². The number of hydrogen-bond donors (Lipinski definition) is 0. The lowest BCUT2D eigenvalue weighted by atomic mass is 9.77. The lowest BCUT2D eigenvalue weighted by Crippen LogP contribution is -2.36. The topological polar surface area (TPSA) is 35.5 Å². The van der Waals surface area contributed by atoms with Gasteiger partial charge in [0.1, 0.15) is 6.61 Å². The summed E-state index contributed by atoms with van der Waals surface area (Å²) in [6, 6.07) is 0. The third-order valence-electron chi connectivity index (χ3n) is 5.51. The number of methoxy groups -OCH3 is 1. The molecule has 6 unspecified atom stereocenters.